The average molecular weight is 357 g/mol. The highest BCUT2D eigenvalue weighted by Crippen LogP contribution is 2.23. The molecule has 26 heavy (non-hydrogen) atoms. The molecule has 7 heteroatoms. The summed E-state index contributed by atoms with van der Waals surface area (Å²) in [6, 6.07) is 7.03. The van der Waals surface area contributed by atoms with Gasteiger partial charge < -0.3 is 24.3 Å². The van der Waals surface area contributed by atoms with Gasteiger partial charge in [-0.05, 0) is 23.8 Å². The molecule has 1 saturated heterocycles. The summed E-state index contributed by atoms with van der Waals surface area (Å²) in [4.78, 5) is 31.7. The molecular weight excluding hydrogens is 334 g/mol. The van der Waals surface area contributed by atoms with Gasteiger partial charge in [0.05, 0.1) is 20.6 Å². The van der Waals surface area contributed by atoms with Gasteiger partial charge in [-0.2, -0.15) is 0 Å². The van der Waals surface area contributed by atoms with E-state index in [4.69, 9.17) is 9.47 Å². The number of H-pyrrole nitrogens is 1. The van der Waals surface area contributed by atoms with Crippen molar-refractivity contribution in [3.8, 4) is 11.5 Å². The number of ether oxygens (including phenoxy) is 2. The second-order valence-corrected chi connectivity index (χ2v) is 6.17. The van der Waals surface area contributed by atoms with Crippen molar-refractivity contribution in [1.82, 2.24) is 14.8 Å². The Morgan fingerprint density at radius 3 is 2.15 bits per heavy atom. The average Bonchev–Trinajstić information content (AvgIpc) is 3.20. The number of carbonyl (C=O) groups excluding carboxylic acids is 2. The van der Waals surface area contributed by atoms with Crippen LogP contribution in [-0.2, 0) is 11.2 Å². The Balaban J connectivity index is 1.60. The molecule has 0 unspecified atom stereocenters. The second-order valence-electron chi connectivity index (χ2n) is 6.17. The van der Waals surface area contributed by atoms with E-state index in [0.29, 0.717) is 49.7 Å². The van der Waals surface area contributed by atoms with Gasteiger partial charge >= 0.3 is 0 Å². The van der Waals surface area contributed by atoms with E-state index < -0.39 is 0 Å². The van der Waals surface area contributed by atoms with Crippen LogP contribution in [0.25, 0.3) is 0 Å². The van der Waals surface area contributed by atoms with Gasteiger partial charge in [-0.3, -0.25) is 9.59 Å². The van der Waals surface area contributed by atoms with E-state index in [1.165, 1.54) is 0 Å². The molecule has 0 atom stereocenters. The molecule has 0 spiro atoms. The quantitative estimate of drug-likeness (QED) is 0.881. The summed E-state index contributed by atoms with van der Waals surface area (Å²) < 4.78 is 10.5. The van der Waals surface area contributed by atoms with Gasteiger partial charge in [-0.15, -0.1) is 0 Å². The highest BCUT2D eigenvalue weighted by atomic mass is 16.5. The Bertz CT molecular complexity index is 743. The van der Waals surface area contributed by atoms with Crippen LogP contribution in [0.5, 0.6) is 11.5 Å². The molecule has 0 aliphatic carbocycles. The Labute approximate surface area is 152 Å². The minimum Gasteiger partial charge on any atom is -0.497 e. The highest BCUT2D eigenvalue weighted by Gasteiger charge is 2.25. The fourth-order valence-electron chi connectivity index (χ4n) is 3.03. The minimum absolute atomic E-state index is 0.0831. The molecule has 0 radical (unpaired) electrons. The van der Waals surface area contributed by atoms with Crippen LogP contribution in [0.4, 0.5) is 0 Å². The molecule has 0 saturated carbocycles. The second kappa shape index (κ2) is 7.95. The fourth-order valence-corrected chi connectivity index (χ4v) is 3.03. The first-order valence-electron chi connectivity index (χ1n) is 8.52. The Kier molecular flexibility index (Phi) is 5.46. The number of nitrogens with one attached hydrogen (secondary N) is 1. The first-order chi connectivity index (χ1) is 12.6. The van der Waals surface area contributed by atoms with Crippen molar-refractivity contribution < 1.29 is 19.1 Å². The van der Waals surface area contributed by atoms with Crippen LogP contribution < -0.4 is 9.47 Å². The molecule has 0 bridgehead atoms. The smallest absolute Gasteiger partial charge is 0.254 e. The first-order valence-corrected chi connectivity index (χ1v) is 8.52. The van der Waals surface area contributed by atoms with Crippen molar-refractivity contribution in [2.24, 2.45) is 0 Å². The van der Waals surface area contributed by atoms with Crippen LogP contribution in [0.3, 0.4) is 0 Å². The molecule has 1 aliphatic rings. The van der Waals surface area contributed by atoms with Crippen molar-refractivity contribution in [2.75, 3.05) is 40.4 Å². The molecule has 1 aliphatic heterocycles. The van der Waals surface area contributed by atoms with E-state index in [-0.39, 0.29) is 11.8 Å². The van der Waals surface area contributed by atoms with Crippen molar-refractivity contribution in [1.29, 1.82) is 0 Å². The lowest BCUT2D eigenvalue weighted by atomic mass is 10.1. The van der Waals surface area contributed by atoms with Crippen LogP contribution in [0.1, 0.15) is 15.9 Å². The summed E-state index contributed by atoms with van der Waals surface area (Å²) in [6.45, 7) is 2.10. The normalized spacial score (nSPS) is 14.2. The SMILES string of the molecule is COc1cc(OC)cc(C(=O)N2CCN(C(=O)Cc3cc[nH]c3)CC2)c1. The molecule has 1 aromatic carbocycles. The Hall–Kier alpha value is -2.96. The molecule has 7 nitrogen and oxygen atoms in total. The standard InChI is InChI=1S/C19H23N3O4/c1-25-16-10-15(11-17(12-16)26-2)19(24)22-7-5-21(6-8-22)18(23)9-14-3-4-20-13-14/h3-4,10-13,20H,5-9H2,1-2H3. The molecule has 1 fully saturated rings. The largest absolute Gasteiger partial charge is 0.497 e. The predicted molar refractivity (Wildman–Crippen MR) is 96.5 cm³/mol. The number of aromatic amines is 1. The van der Waals surface area contributed by atoms with Gasteiger partial charge in [0.25, 0.3) is 5.91 Å². The minimum atomic E-state index is -0.0834. The molecule has 2 aromatic rings. The van der Waals surface area contributed by atoms with Gasteiger partial charge in [0.15, 0.2) is 0 Å². The summed E-state index contributed by atoms with van der Waals surface area (Å²) in [5.41, 5.74) is 1.49. The van der Waals surface area contributed by atoms with E-state index in [1.807, 2.05) is 23.4 Å². The van der Waals surface area contributed by atoms with Gasteiger partial charge in [-0.1, -0.05) is 0 Å². The summed E-state index contributed by atoms with van der Waals surface area (Å²) in [5.74, 6) is 1.15. The molecule has 3 rings (SSSR count). The summed E-state index contributed by atoms with van der Waals surface area (Å²) in [6.07, 6.45) is 4.01. The zero-order chi connectivity index (χ0) is 18.5. The molecular formula is C19H23N3O4. The van der Waals surface area contributed by atoms with Gasteiger partial charge in [0, 0.05) is 50.2 Å². The van der Waals surface area contributed by atoms with E-state index in [9.17, 15) is 9.59 Å². The number of amides is 2. The molecule has 1 N–H and O–H groups in total. The van der Waals surface area contributed by atoms with Crippen LogP contribution in [0.15, 0.2) is 36.7 Å². The number of rotatable bonds is 5. The maximum absolute atomic E-state index is 12.8. The van der Waals surface area contributed by atoms with Crippen molar-refractivity contribution in [3.05, 3.63) is 47.8 Å². The van der Waals surface area contributed by atoms with Crippen LogP contribution in [0.2, 0.25) is 0 Å². The Morgan fingerprint density at radius 2 is 1.62 bits per heavy atom. The molecule has 138 valence electrons. The third-order valence-corrected chi connectivity index (χ3v) is 4.54. The first kappa shape index (κ1) is 17.8. The van der Waals surface area contributed by atoms with Crippen LogP contribution in [0, 0.1) is 0 Å². The van der Waals surface area contributed by atoms with Crippen molar-refractivity contribution in [2.45, 2.75) is 6.42 Å². The highest BCUT2D eigenvalue weighted by molar-refractivity contribution is 5.95. The van der Waals surface area contributed by atoms with Crippen LogP contribution in [-0.4, -0.2) is 67.0 Å². The van der Waals surface area contributed by atoms with Crippen molar-refractivity contribution >= 4 is 11.8 Å². The lowest BCUT2D eigenvalue weighted by molar-refractivity contribution is -0.131. The summed E-state index contributed by atoms with van der Waals surface area (Å²) in [7, 11) is 3.11. The third-order valence-electron chi connectivity index (χ3n) is 4.54. The Morgan fingerprint density at radius 1 is 1.00 bits per heavy atom. The number of aromatic nitrogens is 1. The predicted octanol–water partition coefficient (Wildman–Crippen LogP) is 1.56. The van der Waals surface area contributed by atoms with Gasteiger partial charge in [0.1, 0.15) is 11.5 Å². The lowest BCUT2D eigenvalue weighted by Crippen LogP contribution is -2.51. The number of methoxy groups -OCH3 is 2. The number of nitrogens with zero attached hydrogens (tertiary/aromatic N) is 2. The third kappa shape index (κ3) is 3.99. The van der Waals surface area contributed by atoms with Gasteiger partial charge in [-0.25, -0.2) is 0 Å². The summed E-state index contributed by atoms with van der Waals surface area (Å²) >= 11 is 0. The van der Waals surface area contributed by atoms with Gasteiger partial charge in [0.2, 0.25) is 5.91 Å². The van der Waals surface area contributed by atoms with Crippen molar-refractivity contribution in [3.63, 3.8) is 0 Å². The van der Waals surface area contributed by atoms with E-state index in [2.05, 4.69) is 4.98 Å². The number of piperazine rings is 1. The van der Waals surface area contributed by atoms with E-state index >= 15 is 0 Å². The number of benzene rings is 1. The zero-order valence-electron chi connectivity index (χ0n) is 15.0. The number of hydrogen-bond donors (Lipinski definition) is 1. The molecule has 2 heterocycles. The molecule has 2 amide bonds. The van der Waals surface area contributed by atoms with Crippen LogP contribution >= 0.6 is 0 Å². The number of hydrogen-bond acceptors (Lipinski definition) is 4. The van der Waals surface area contributed by atoms with E-state index in [1.54, 1.807) is 37.3 Å². The molecule has 1 aromatic heterocycles. The maximum atomic E-state index is 12.8. The maximum Gasteiger partial charge on any atom is 0.254 e. The monoisotopic (exact) mass is 357 g/mol. The summed E-state index contributed by atoms with van der Waals surface area (Å²) in [5, 5.41) is 0. The number of carbonyl (C=O) groups is 2. The van der Waals surface area contributed by atoms with E-state index in [0.717, 1.165) is 5.56 Å². The lowest BCUT2D eigenvalue weighted by Gasteiger charge is -2.35. The fraction of sp³-hybridized carbons (Fsp3) is 0.368. The topological polar surface area (TPSA) is 74.9 Å². The zero-order valence-corrected chi connectivity index (χ0v) is 15.0.